The molecule has 2 aromatic heterocycles. The first-order valence-corrected chi connectivity index (χ1v) is 11.0. The molecule has 1 aliphatic carbocycles. The fourth-order valence-electron chi connectivity index (χ4n) is 4.20. The van der Waals surface area contributed by atoms with Gasteiger partial charge in [-0.3, -0.25) is 9.69 Å². The van der Waals surface area contributed by atoms with Gasteiger partial charge in [-0.15, -0.1) is 21.5 Å². The first kappa shape index (κ1) is 18.6. The molecule has 7 heteroatoms. The SMILES string of the molecule is CC(c1nnc(-c2cccs2)o1)N1CCN(C(=O)CCC2CCCC2)CC1. The molecule has 2 aromatic rings. The molecule has 1 saturated heterocycles. The highest BCUT2D eigenvalue weighted by Gasteiger charge is 2.28. The van der Waals surface area contributed by atoms with Crippen LogP contribution in [0.4, 0.5) is 0 Å². The number of carbonyl (C=O) groups is 1. The number of amides is 1. The van der Waals surface area contributed by atoms with Crippen molar-refractivity contribution in [3.8, 4) is 10.8 Å². The summed E-state index contributed by atoms with van der Waals surface area (Å²) in [6.07, 6.45) is 7.11. The van der Waals surface area contributed by atoms with E-state index in [0.717, 1.165) is 43.4 Å². The Hall–Kier alpha value is -1.73. The Balaban J connectivity index is 1.26. The van der Waals surface area contributed by atoms with Gasteiger partial charge in [0.1, 0.15) is 0 Å². The Morgan fingerprint density at radius 3 is 2.74 bits per heavy atom. The first-order valence-electron chi connectivity index (χ1n) is 10.1. The van der Waals surface area contributed by atoms with Crippen LogP contribution in [-0.2, 0) is 4.79 Å². The van der Waals surface area contributed by atoms with Gasteiger partial charge in [-0.2, -0.15) is 0 Å². The molecule has 146 valence electrons. The van der Waals surface area contributed by atoms with E-state index in [0.29, 0.717) is 24.1 Å². The molecule has 27 heavy (non-hydrogen) atoms. The maximum absolute atomic E-state index is 12.5. The minimum atomic E-state index is 0.0713. The highest BCUT2D eigenvalue weighted by Crippen LogP contribution is 2.29. The van der Waals surface area contributed by atoms with Crippen molar-refractivity contribution in [1.82, 2.24) is 20.0 Å². The first-order chi connectivity index (χ1) is 13.2. The van der Waals surface area contributed by atoms with Crippen LogP contribution in [0.1, 0.15) is 57.4 Å². The third-order valence-corrected chi connectivity index (χ3v) is 6.84. The predicted octanol–water partition coefficient (Wildman–Crippen LogP) is 3.97. The summed E-state index contributed by atoms with van der Waals surface area (Å²) in [6, 6.07) is 4.04. The summed E-state index contributed by atoms with van der Waals surface area (Å²) < 4.78 is 5.88. The van der Waals surface area contributed by atoms with Crippen molar-refractivity contribution in [2.45, 2.75) is 51.5 Å². The van der Waals surface area contributed by atoms with Gasteiger partial charge >= 0.3 is 0 Å². The van der Waals surface area contributed by atoms with Crippen LogP contribution in [0.3, 0.4) is 0 Å². The fraction of sp³-hybridized carbons (Fsp3) is 0.650. The minimum Gasteiger partial charge on any atom is -0.418 e. The van der Waals surface area contributed by atoms with Gasteiger partial charge in [0.2, 0.25) is 11.8 Å². The summed E-state index contributed by atoms with van der Waals surface area (Å²) in [7, 11) is 0. The number of rotatable bonds is 6. The van der Waals surface area contributed by atoms with Crippen molar-refractivity contribution in [3.63, 3.8) is 0 Å². The largest absolute Gasteiger partial charge is 0.418 e. The monoisotopic (exact) mass is 388 g/mol. The van der Waals surface area contributed by atoms with Crippen molar-refractivity contribution in [3.05, 3.63) is 23.4 Å². The molecule has 0 radical (unpaired) electrons. The van der Waals surface area contributed by atoms with E-state index in [1.165, 1.54) is 25.7 Å². The van der Waals surface area contributed by atoms with E-state index in [2.05, 4.69) is 22.0 Å². The van der Waals surface area contributed by atoms with Crippen molar-refractivity contribution in [2.75, 3.05) is 26.2 Å². The number of thiophene rings is 1. The average molecular weight is 389 g/mol. The second kappa shape index (κ2) is 8.52. The van der Waals surface area contributed by atoms with Crippen LogP contribution in [0, 0.1) is 5.92 Å². The molecular weight excluding hydrogens is 360 g/mol. The van der Waals surface area contributed by atoms with Gasteiger partial charge in [-0.1, -0.05) is 31.7 Å². The Bertz CT molecular complexity index is 731. The molecule has 1 atom stereocenters. The van der Waals surface area contributed by atoms with Crippen molar-refractivity contribution < 1.29 is 9.21 Å². The van der Waals surface area contributed by atoms with Crippen LogP contribution in [0.25, 0.3) is 10.8 Å². The van der Waals surface area contributed by atoms with Crippen LogP contribution in [0.5, 0.6) is 0 Å². The van der Waals surface area contributed by atoms with Crippen LogP contribution in [-0.4, -0.2) is 52.1 Å². The number of aromatic nitrogens is 2. The highest BCUT2D eigenvalue weighted by atomic mass is 32.1. The number of hydrogen-bond acceptors (Lipinski definition) is 6. The molecule has 1 amide bonds. The molecule has 4 rings (SSSR count). The smallest absolute Gasteiger partial charge is 0.257 e. The standard InChI is InChI=1S/C20H28N4O2S/c1-15(19-21-22-20(26-19)17-7-4-14-27-17)23-10-12-24(13-11-23)18(25)9-8-16-5-2-3-6-16/h4,7,14-16H,2-3,5-6,8-13H2,1H3. The van der Waals surface area contributed by atoms with E-state index in [1.807, 2.05) is 22.4 Å². The Kier molecular flexibility index (Phi) is 5.88. The van der Waals surface area contributed by atoms with Gasteiger partial charge in [0.15, 0.2) is 0 Å². The second-order valence-corrected chi connectivity index (χ2v) is 8.65. The second-order valence-electron chi connectivity index (χ2n) is 7.70. The van der Waals surface area contributed by atoms with Gasteiger partial charge in [-0.05, 0) is 30.7 Å². The summed E-state index contributed by atoms with van der Waals surface area (Å²) in [5, 5.41) is 10.4. The molecule has 2 fully saturated rings. The lowest BCUT2D eigenvalue weighted by Gasteiger charge is -2.37. The maximum Gasteiger partial charge on any atom is 0.257 e. The molecule has 3 heterocycles. The van der Waals surface area contributed by atoms with Crippen molar-refractivity contribution in [1.29, 1.82) is 0 Å². The van der Waals surface area contributed by atoms with E-state index in [-0.39, 0.29) is 6.04 Å². The Morgan fingerprint density at radius 1 is 1.26 bits per heavy atom. The fourth-order valence-corrected chi connectivity index (χ4v) is 4.85. The van der Waals surface area contributed by atoms with Crippen LogP contribution in [0.2, 0.25) is 0 Å². The third-order valence-electron chi connectivity index (χ3n) is 5.99. The van der Waals surface area contributed by atoms with Crippen LogP contribution in [0.15, 0.2) is 21.9 Å². The molecule has 1 unspecified atom stereocenters. The highest BCUT2D eigenvalue weighted by molar-refractivity contribution is 7.13. The average Bonchev–Trinajstić information content (AvgIpc) is 3.47. The zero-order valence-corrected chi connectivity index (χ0v) is 16.8. The number of nitrogens with zero attached hydrogens (tertiary/aromatic N) is 4. The van der Waals surface area contributed by atoms with Gasteiger partial charge in [0, 0.05) is 32.6 Å². The lowest BCUT2D eigenvalue weighted by Crippen LogP contribution is -2.49. The Morgan fingerprint density at radius 2 is 2.04 bits per heavy atom. The summed E-state index contributed by atoms with van der Waals surface area (Å²) in [4.78, 5) is 17.9. The summed E-state index contributed by atoms with van der Waals surface area (Å²) in [5.74, 6) is 2.35. The molecule has 0 bridgehead atoms. The quantitative estimate of drug-likeness (QED) is 0.749. The number of piperazine rings is 1. The van der Waals surface area contributed by atoms with Crippen LogP contribution < -0.4 is 0 Å². The molecule has 1 saturated carbocycles. The number of carbonyl (C=O) groups excluding carboxylic acids is 1. The summed E-state index contributed by atoms with van der Waals surface area (Å²) >= 11 is 1.60. The number of hydrogen-bond donors (Lipinski definition) is 0. The zero-order valence-electron chi connectivity index (χ0n) is 16.0. The van der Waals surface area contributed by atoms with E-state index >= 15 is 0 Å². The molecular formula is C20H28N4O2S. The lowest BCUT2D eigenvalue weighted by molar-refractivity contribution is -0.133. The molecule has 1 aliphatic heterocycles. The normalized spacial score (nSPS) is 20.3. The van der Waals surface area contributed by atoms with Crippen molar-refractivity contribution >= 4 is 17.2 Å². The lowest BCUT2D eigenvalue weighted by atomic mass is 10.0. The zero-order chi connectivity index (χ0) is 18.6. The van der Waals surface area contributed by atoms with Gasteiger partial charge in [0.25, 0.3) is 5.89 Å². The van der Waals surface area contributed by atoms with Gasteiger partial charge in [0.05, 0.1) is 10.9 Å². The molecule has 0 N–H and O–H groups in total. The van der Waals surface area contributed by atoms with E-state index in [4.69, 9.17) is 4.42 Å². The molecule has 0 spiro atoms. The minimum absolute atomic E-state index is 0.0713. The van der Waals surface area contributed by atoms with Crippen LogP contribution >= 0.6 is 11.3 Å². The summed E-state index contributed by atoms with van der Waals surface area (Å²) in [5.41, 5.74) is 0. The summed E-state index contributed by atoms with van der Waals surface area (Å²) in [6.45, 7) is 5.39. The van der Waals surface area contributed by atoms with E-state index in [9.17, 15) is 4.79 Å². The predicted molar refractivity (Wildman–Crippen MR) is 105 cm³/mol. The molecule has 6 nitrogen and oxygen atoms in total. The van der Waals surface area contributed by atoms with E-state index < -0.39 is 0 Å². The van der Waals surface area contributed by atoms with Gasteiger partial charge < -0.3 is 9.32 Å². The molecule has 2 aliphatic rings. The third kappa shape index (κ3) is 4.41. The molecule has 0 aromatic carbocycles. The topological polar surface area (TPSA) is 62.5 Å². The Labute approximate surface area is 164 Å². The maximum atomic E-state index is 12.5. The van der Waals surface area contributed by atoms with E-state index in [1.54, 1.807) is 11.3 Å². The van der Waals surface area contributed by atoms with Crippen molar-refractivity contribution in [2.24, 2.45) is 5.92 Å². The van der Waals surface area contributed by atoms with Gasteiger partial charge in [-0.25, -0.2) is 0 Å².